The lowest BCUT2D eigenvalue weighted by Crippen LogP contribution is -2.42. The average molecular weight is 244 g/mol. The van der Waals surface area contributed by atoms with Gasteiger partial charge in [0.25, 0.3) is 0 Å². The number of rotatable bonds is 3. The van der Waals surface area contributed by atoms with Crippen LogP contribution in [0.4, 0.5) is 0 Å². The Morgan fingerprint density at radius 1 is 1.28 bits per heavy atom. The van der Waals surface area contributed by atoms with Crippen LogP contribution >= 0.6 is 0 Å². The Balaban J connectivity index is 1.49. The molecule has 96 valence electrons. The van der Waals surface area contributed by atoms with Crippen LogP contribution in [-0.4, -0.2) is 25.0 Å². The number of benzene rings is 1. The molecule has 3 heteroatoms. The third-order valence-electron chi connectivity index (χ3n) is 4.08. The quantitative estimate of drug-likeness (QED) is 0.840. The second kappa shape index (κ2) is 5.11. The average Bonchev–Trinajstić information content (AvgIpc) is 3.04. The third kappa shape index (κ3) is 2.41. The van der Waals surface area contributed by atoms with E-state index in [1.165, 1.54) is 11.1 Å². The van der Waals surface area contributed by atoms with Gasteiger partial charge in [0.15, 0.2) is 0 Å². The maximum absolute atomic E-state index is 11.9. The summed E-state index contributed by atoms with van der Waals surface area (Å²) in [6, 6.07) is 8.66. The maximum atomic E-state index is 11.9. The SMILES string of the molecule is O=C(NCC1Cc2ccccc2C1)C1CCCN1. The molecule has 1 atom stereocenters. The molecule has 1 amide bonds. The number of nitrogens with one attached hydrogen (secondary N) is 2. The van der Waals surface area contributed by atoms with E-state index in [-0.39, 0.29) is 11.9 Å². The molecule has 1 aliphatic carbocycles. The Labute approximate surface area is 108 Å². The number of hydrogen-bond acceptors (Lipinski definition) is 2. The minimum absolute atomic E-state index is 0.0498. The van der Waals surface area contributed by atoms with Crippen LogP contribution in [0.5, 0.6) is 0 Å². The highest BCUT2D eigenvalue weighted by molar-refractivity contribution is 5.82. The molecule has 0 aromatic heterocycles. The van der Waals surface area contributed by atoms with E-state index in [4.69, 9.17) is 0 Å². The third-order valence-corrected chi connectivity index (χ3v) is 4.08. The zero-order valence-corrected chi connectivity index (χ0v) is 10.6. The van der Waals surface area contributed by atoms with Gasteiger partial charge in [-0.3, -0.25) is 4.79 Å². The number of amides is 1. The summed E-state index contributed by atoms with van der Waals surface area (Å²) < 4.78 is 0. The molecule has 1 aliphatic heterocycles. The van der Waals surface area contributed by atoms with Gasteiger partial charge in [0.2, 0.25) is 5.91 Å². The van der Waals surface area contributed by atoms with Gasteiger partial charge in [0.1, 0.15) is 0 Å². The molecule has 3 nitrogen and oxygen atoms in total. The molecule has 0 radical (unpaired) electrons. The highest BCUT2D eigenvalue weighted by atomic mass is 16.2. The lowest BCUT2D eigenvalue weighted by molar-refractivity contribution is -0.122. The van der Waals surface area contributed by atoms with Crippen LogP contribution in [0, 0.1) is 5.92 Å². The first-order valence-corrected chi connectivity index (χ1v) is 6.91. The van der Waals surface area contributed by atoms with Gasteiger partial charge in [0.05, 0.1) is 6.04 Å². The maximum Gasteiger partial charge on any atom is 0.237 e. The van der Waals surface area contributed by atoms with Crippen molar-refractivity contribution in [3.8, 4) is 0 Å². The summed E-state index contributed by atoms with van der Waals surface area (Å²) in [5, 5.41) is 6.34. The molecule has 1 heterocycles. The van der Waals surface area contributed by atoms with Gasteiger partial charge < -0.3 is 10.6 Å². The van der Waals surface area contributed by atoms with Crippen molar-refractivity contribution in [2.45, 2.75) is 31.7 Å². The summed E-state index contributed by atoms with van der Waals surface area (Å²) in [6.45, 7) is 1.79. The molecule has 0 saturated carbocycles. The minimum atomic E-state index is 0.0498. The van der Waals surface area contributed by atoms with Crippen molar-refractivity contribution < 1.29 is 4.79 Å². The van der Waals surface area contributed by atoms with Crippen LogP contribution in [0.15, 0.2) is 24.3 Å². The smallest absolute Gasteiger partial charge is 0.237 e. The molecule has 18 heavy (non-hydrogen) atoms. The predicted molar refractivity (Wildman–Crippen MR) is 71.4 cm³/mol. The fourth-order valence-corrected chi connectivity index (χ4v) is 3.07. The minimum Gasteiger partial charge on any atom is -0.354 e. The van der Waals surface area contributed by atoms with Gasteiger partial charge in [-0.05, 0) is 49.3 Å². The van der Waals surface area contributed by atoms with Crippen LogP contribution in [0.25, 0.3) is 0 Å². The summed E-state index contributed by atoms with van der Waals surface area (Å²) in [5.74, 6) is 0.760. The number of hydrogen-bond donors (Lipinski definition) is 2. The molecule has 1 saturated heterocycles. The van der Waals surface area contributed by atoms with Crippen molar-refractivity contribution >= 4 is 5.91 Å². The monoisotopic (exact) mass is 244 g/mol. The fraction of sp³-hybridized carbons (Fsp3) is 0.533. The summed E-state index contributed by atoms with van der Waals surface area (Å²) in [5.41, 5.74) is 2.91. The molecule has 0 bridgehead atoms. The lowest BCUT2D eigenvalue weighted by atomic mass is 10.1. The van der Waals surface area contributed by atoms with Gasteiger partial charge in [-0.1, -0.05) is 24.3 Å². The van der Waals surface area contributed by atoms with Crippen molar-refractivity contribution in [2.75, 3.05) is 13.1 Å². The Hall–Kier alpha value is -1.35. The van der Waals surface area contributed by atoms with Crippen molar-refractivity contribution in [3.63, 3.8) is 0 Å². The van der Waals surface area contributed by atoms with E-state index in [0.29, 0.717) is 5.92 Å². The van der Waals surface area contributed by atoms with Gasteiger partial charge in [-0.25, -0.2) is 0 Å². The molecule has 1 aromatic carbocycles. The molecule has 2 aliphatic rings. The Bertz CT molecular complexity index is 413. The van der Waals surface area contributed by atoms with Gasteiger partial charge in [0, 0.05) is 6.54 Å². The van der Waals surface area contributed by atoms with Crippen molar-refractivity contribution in [3.05, 3.63) is 35.4 Å². The Morgan fingerprint density at radius 3 is 2.61 bits per heavy atom. The largest absolute Gasteiger partial charge is 0.354 e. The first kappa shape index (κ1) is 11.7. The Kier molecular flexibility index (Phi) is 3.33. The van der Waals surface area contributed by atoms with E-state index < -0.39 is 0 Å². The van der Waals surface area contributed by atoms with E-state index in [2.05, 4.69) is 34.9 Å². The van der Waals surface area contributed by atoms with Gasteiger partial charge in [-0.15, -0.1) is 0 Å². The summed E-state index contributed by atoms with van der Waals surface area (Å²) in [7, 11) is 0. The molecule has 1 unspecified atom stereocenters. The summed E-state index contributed by atoms with van der Waals surface area (Å²) in [6.07, 6.45) is 4.31. The van der Waals surface area contributed by atoms with E-state index >= 15 is 0 Å². The highest BCUT2D eigenvalue weighted by Crippen LogP contribution is 2.25. The molecule has 1 aromatic rings. The number of carbonyl (C=O) groups excluding carboxylic acids is 1. The second-order valence-corrected chi connectivity index (χ2v) is 5.44. The molecule has 0 spiro atoms. The molecular weight excluding hydrogens is 224 g/mol. The van der Waals surface area contributed by atoms with Gasteiger partial charge in [-0.2, -0.15) is 0 Å². The number of carbonyl (C=O) groups is 1. The van der Waals surface area contributed by atoms with Crippen LogP contribution < -0.4 is 10.6 Å². The number of fused-ring (bicyclic) bond motifs is 1. The van der Waals surface area contributed by atoms with Crippen LogP contribution in [0.2, 0.25) is 0 Å². The van der Waals surface area contributed by atoms with Crippen molar-refractivity contribution in [2.24, 2.45) is 5.92 Å². The van der Waals surface area contributed by atoms with Crippen molar-refractivity contribution in [1.82, 2.24) is 10.6 Å². The lowest BCUT2D eigenvalue weighted by Gasteiger charge is -2.14. The molecule has 3 rings (SSSR count). The highest BCUT2D eigenvalue weighted by Gasteiger charge is 2.25. The fourth-order valence-electron chi connectivity index (χ4n) is 3.07. The predicted octanol–water partition coefficient (Wildman–Crippen LogP) is 1.27. The van der Waals surface area contributed by atoms with Crippen LogP contribution in [0.1, 0.15) is 24.0 Å². The summed E-state index contributed by atoms with van der Waals surface area (Å²) >= 11 is 0. The van der Waals surface area contributed by atoms with E-state index in [0.717, 1.165) is 38.8 Å². The molecule has 1 fully saturated rings. The Morgan fingerprint density at radius 2 is 2.00 bits per heavy atom. The summed E-state index contributed by atoms with van der Waals surface area (Å²) in [4.78, 5) is 11.9. The normalized spacial score (nSPS) is 23.0. The van der Waals surface area contributed by atoms with Crippen LogP contribution in [0.3, 0.4) is 0 Å². The zero-order valence-electron chi connectivity index (χ0n) is 10.6. The molecule has 2 N–H and O–H groups in total. The first-order valence-electron chi connectivity index (χ1n) is 6.91. The van der Waals surface area contributed by atoms with Crippen LogP contribution in [-0.2, 0) is 17.6 Å². The van der Waals surface area contributed by atoms with Crippen molar-refractivity contribution in [1.29, 1.82) is 0 Å². The molecular formula is C15H20N2O. The van der Waals surface area contributed by atoms with E-state index in [1.807, 2.05) is 0 Å². The zero-order chi connectivity index (χ0) is 12.4. The van der Waals surface area contributed by atoms with Gasteiger partial charge >= 0.3 is 0 Å². The topological polar surface area (TPSA) is 41.1 Å². The standard InChI is InChI=1S/C15H20N2O/c18-15(14-6-3-7-16-14)17-10-11-8-12-4-1-2-5-13(12)9-11/h1-2,4-5,11,14,16H,3,6-10H2,(H,17,18). The second-order valence-electron chi connectivity index (χ2n) is 5.44. The first-order chi connectivity index (χ1) is 8.83. The van der Waals surface area contributed by atoms with E-state index in [9.17, 15) is 4.79 Å². The van der Waals surface area contributed by atoms with E-state index in [1.54, 1.807) is 0 Å².